The number of aryl methyl sites for hydroxylation is 8. The van der Waals surface area contributed by atoms with E-state index < -0.39 is 0 Å². The lowest BCUT2D eigenvalue weighted by Crippen LogP contribution is -2.10. The minimum Gasteiger partial charge on any atom is -0.310 e. The third kappa shape index (κ3) is 18.6. The molecule has 14 rings (SSSR count). The summed E-state index contributed by atoms with van der Waals surface area (Å²) in [5.74, 6) is 0. The molecule has 0 N–H and O–H groups in total. The fourth-order valence-corrected chi connectivity index (χ4v) is 13.8. The lowest BCUT2D eigenvalue weighted by Gasteiger charge is -2.26. The minimum absolute atomic E-state index is 0.490. The molecule has 0 bridgehead atoms. The first-order valence-corrected chi connectivity index (χ1v) is 37.3. The van der Waals surface area contributed by atoms with E-state index in [9.17, 15) is 10.5 Å². The number of nitrogens with zero attached hydrogens (tertiary/aromatic N) is 8. The van der Waals surface area contributed by atoms with Crippen LogP contribution in [0.5, 0.6) is 0 Å². The van der Waals surface area contributed by atoms with Gasteiger partial charge in [-0.2, -0.15) is 10.5 Å². The standard InChI is InChI=1S/2C52H42N4/c2*1-37-10-6-14-48(30-37)55(49-15-7-11-38(2)31-49)46-26-20-41(21-27-46)18-24-43-35-52(54-5)44(34-45(43)36-53)25-19-42-22-28-47(29-23-42)56(50-16-8-12-39(3)32-50)51-17-9-13-40(4)33-51/h2*6-35H,1-4H3/b2*24-18-,25-19-. The lowest BCUT2D eigenvalue weighted by molar-refractivity contribution is 1.26. The Hall–Kier alpha value is -14.8. The summed E-state index contributed by atoms with van der Waals surface area (Å²) in [6.45, 7) is 32.8. The zero-order chi connectivity index (χ0) is 78.0. The van der Waals surface area contributed by atoms with E-state index in [0.717, 1.165) is 90.5 Å². The monoisotopic (exact) mass is 1440 g/mol. The summed E-state index contributed by atoms with van der Waals surface area (Å²) in [6.07, 6.45) is 15.6. The van der Waals surface area contributed by atoms with Crippen LogP contribution in [0.25, 0.3) is 58.3 Å². The normalized spacial score (nSPS) is 11.0. The van der Waals surface area contributed by atoms with E-state index in [2.05, 4.69) is 388 Å². The Balaban J connectivity index is 0.000000196. The fourth-order valence-electron chi connectivity index (χ4n) is 13.8. The summed E-state index contributed by atoms with van der Waals surface area (Å²) >= 11 is 0. The second-order valence-corrected chi connectivity index (χ2v) is 28.2. The average molecular weight is 1450 g/mol. The summed E-state index contributed by atoms with van der Waals surface area (Å²) in [7, 11) is 0. The molecular formula is C104H84N8. The number of rotatable bonds is 20. The average Bonchev–Trinajstić information content (AvgIpc) is 0.806. The molecule has 8 nitrogen and oxygen atoms in total. The van der Waals surface area contributed by atoms with Gasteiger partial charge >= 0.3 is 0 Å². The number of hydrogen-bond acceptors (Lipinski definition) is 6. The lowest BCUT2D eigenvalue weighted by atomic mass is 10.0. The summed E-state index contributed by atoms with van der Waals surface area (Å²) in [5, 5.41) is 20.3. The summed E-state index contributed by atoms with van der Waals surface area (Å²) in [5.41, 5.74) is 31.3. The van der Waals surface area contributed by atoms with Crippen LogP contribution in [0.2, 0.25) is 0 Å². The summed E-state index contributed by atoms with van der Waals surface area (Å²) in [6, 6.07) is 114. The molecule has 0 aliphatic rings. The molecule has 0 atom stereocenters. The third-order valence-electron chi connectivity index (χ3n) is 19.4. The number of nitriles is 2. The highest BCUT2D eigenvalue weighted by Gasteiger charge is 2.19. The Morgan fingerprint density at radius 1 is 0.223 bits per heavy atom. The van der Waals surface area contributed by atoms with Gasteiger partial charge in [-0.1, -0.05) is 194 Å². The van der Waals surface area contributed by atoms with Gasteiger partial charge in [0.05, 0.1) is 36.4 Å². The molecule has 0 unspecified atom stereocenters. The highest BCUT2D eigenvalue weighted by molar-refractivity contribution is 5.88. The molecule has 0 spiro atoms. The molecule has 0 amide bonds. The second kappa shape index (κ2) is 35.3. The van der Waals surface area contributed by atoms with Crippen LogP contribution in [0.3, 0.4) is 0 Å². The van der Waals surface area contributed by atoms with Crippen molar-refractivity contribution in [2.75, 3.05) is 19.6 Å². The SMILES string of the molecule is [C-]#[N+]c1cc(/C=C\c2ccc(N(c3cccc(C)c3)c3cccc(C)c3)cc2)c(C#N)cc1/C=C\c1ccc(N(c2cccc(C)c2)c2cccc(C)c2)cc1.[C-]#[N+]c1cc(/C=C\c2ccc(N(c3cccc(C)c3)c3cccc(C)c3)cc2)c(C#N)cc1/C=C\c1ccc(N(c2cccc(C)c2)c2cccc(C)c2)cc1. The van der Waals surface area contributed by atoms with Crippen molar-refractivity contribution in [3.8, 4) is 12.1 Å². The Kier molecular flexibility index (Phi) is 23.8. The van der Waals surface area contributed by atoms with Crippen LogP contribution in [0.15, 0.2) is 315 Å². The fraction of sp³-hybridized carbons (Fsp3) is 0.0769. The largest absolute Gasteiger partial charge is 0.310 e. The molecule has 0 saturated heterocycles. The van der Waals surface area contributed by atoms with E-state index in [1.165, 1.54) is 44.5 Å². The van der Waals surface area contributed by atoms with Gasteiger partial charge < -0.3 is 19.6 Å². The zero-order valence-electron chi connectivity index (χ0n) is 64.2. The minimum atomic E-state index is 0.490. The van der Waals surface area contributed by atoms with E-state index in [0.29, 0.717) is 44.8 Å². The van der Waals surface area contributed by atoms with Crippen molar-refractivity contribution in [2.24, 2.45) is 0 Å². The van der Waals surface area contributed by atoms with Gasteiger partial charge in [-0.15, -0.1) is 0 Å². The van der Waals surface area contributed by atoms with Crippen molar-refractivity contribution in [3.05, 3.63) is 438 Å². The van der Waals surface area contributed by atoms with Crippen molar-refractivity contribution in [1.29, 1.82) is 10.5 Å². The topological polar surface area (TPSA) is 69.3 Å². The number of hydrogen-bond donors (Lipinski definition) is 0. The van der Waals surface area contributed by atoms with E-state index in [4.69, 9.17) is 13.1 Å². The molecule has 8 heteroatoms. The molecule has 14 aromatic carbocycles. The van der Waals surface area contributed by atoms with E-state index >= 15 is 0 Å². The van der Waals surface area contributed by atoms with Crippen LogP contribution >= 0.6 is 0 Å². The highest BCUT2D eigenvalue weighted by atomic mass is 15.2. The Labute approximate surface area is 660 Å². The number of anilines is 12. The summed E-state index contributed by atoms with van der Waals surface area (Å²) < 4.78 is 0. The van der Waals surface area contributed by atoms with Crippen molar-refractivity contribution in [1.82, 2.24) is 0 Å². The van der Waals surface area contributed by atoms with Crippen LogP contribution in [0.4, 0.5) is 79.6 Å². The summed E-state index contributed by atoms with van der Waals surface area (Å²) in [4.78, 5) is 16.7. The molecule has 0 radical (unpaired) electrons. The molecule has 0 aromatic heterocycles. The van der Waals surface area contributed by atoms with Crippen molar-refractivity contribution >= 4 is 128 Å². The predicted octanol–water partition coefficient (Wildman–Crippen LogP) is 29.2. The first-order valence-electron chi connectivity index (χ1n) is 37.3. The molecular weight excluding hydrogens is 1360 g/mol. The quantitative estimate of drug-likeness (QED) is 0.0559. The van der Waals surface area contributed by atoms with Gasteiger partial charge in [0.25, 0.3) is 0 Å². The molecule has 14 aromatic rings. The van der Waals surface area contributed by atoms with Gasteiger partial charge in [0.15, 0.2) is 11.4 Å². The van der Waals surface area contributed by atoms with E-state index in [1.807, 2.05) is 48.6 Å². The van der Waals surface area contributed by atoms with Gasteiger partial charge in [0, 0.05) is 68.2 Å². The molecule has 0 saturated carbocycles. The van der Waals surface area contributed by atoms with Crippen LogP contribution in [0.1, 0.15) is 100 Å². The van der Waals surface area contributed by atoms with Crippen molar-refractivity contribution < 1.29 is 0 Å². The van der Waals surface area contributed by atoms with Crippen LogP contribution in [-0.2, 0) is 0 Å². The highest BCUT2D eigenvalue weighted by Crippen LogP contribution is 2.41. The van der Waals surface area contributed by atoms with Crippen molar-refractivity contribution in [2.45, 2.75) is 55.4 Å². The number of benzene rings is 14. The smallest absolute Gasteiger partial charge is 0.194 e. The van der Waals surface area contributed by atoms with E-state index in [-0.39, 0.29) is 0 Å². The maximum Gasteiger partial charge on any atom is 0.194 e. The maximum atomic E-state index is 10.2. The Bertz CT molecular complexity index is 5120. The zero-order valence-corrected chi connectivity index (χ0v) is 64.2. The van der Waals surface area contributed by atoms with Gasteiger partial charge in [0.1, 0.15) is 0 Å². The van der Waals surface area contributed by atoms with Crippen LogP contribution in [0, 0.1) is 91.2 Å². The molecule has 0 fully saturated rings. The van der Waals surface area contributed by atoms with Crippen molar-refractivity contribution in [3.63, 3.8) is 0 Å². The third-order valence-corrected chi connectivity index (χ3v) is 19.4. The van der Waals surface area contributed by atoms with Gasteiger partial charge in [0.2, 0.25) is 0 Å². The molecule has 0 aliphatic heterocycles. The first kappa shape index (κ1) is 75.4. The second-order valence-electron chi connectivity index (χ2n) is 28.2. The van der Waals surface area contributed by atoms with Crippen LogP contribution < -0.4 is 19.6 Å². The molecule has 0 aliphatic carbocycles. The molecule has 0 heterocycles. The Morgan fingerprint density at radius 2 is 0.411 bits per heavy atom. The molecule has 112 heavy (non-hydrogen) atoms. The molecule has 540 valence electrons. The van der Waals surface area contributed by atoms with Gasteiger partial charge in [-0.05, 0) is 314 Å². The predicted molar refractivity (Wildman–Crippen MR) is 473 cm³/mol. The van der Waals surface area contributed by atoms with Gasteiger partial charge in [-0.25, -0.2) is 9.69 Å². The maximum absolute atomic E-state index is 10.2. The first-order chi connectivity index (χ1) is 54.5. The van der Waals surface area contributed by atoms with Crippen LogP contribution in [-0.4, -0.2) is 0 Å². The van der Waals surface area contributed by atoms with Gasteiger partial charge in [-0.3, -0.25) is 0 Å². The van der Waals surface area contributed by atoms with E-state index in [1.54, 1.807) is 24.3 Å². The Morgan fingerprint density at radius 3 is 0.580 bits per heavy atom.